The van der Waals surface area contributed by atoms with Crippen molar-refractivity contribution in [3.63, 3.8) is 0 Å². The molecule has 0 bridgehead atoms. The molecule has 0 atom stereocenters. The lowest BCUT2D eigenvalue weighted by atomic mass is 9.78. The highest BCUT2D eigenvalue weighted by atomic mass is 127. The molecular formula is C68H60BF10IN10O4. The van der Waals surface area contributed by atoms with E-state index in [4.69, 9.17) is 18.8 Å². The van der Waals surface area contributed by atoms with E-state index in [0.717, 1.165) is 70.6 Å². The lowest BCUT2D eigenvalue weighted by Gasteiger charge is -2.32. The number of aromatic nitrogens is 6. The maximum Gasteiger partial charge on any atom is 0.494 e. The molecule has 0 spiro atoms. The Labute approximate surface area is 548 Å². The highest BCUT2D eigenvalue weighted by molar-refractivity contribution is 14.1. The van der Waals surface area contributed by atoms with E-state index in [-0.39, 0.29) is 27.4 Å². The number of nitrogens with one attached hydrogen (secondary N) is 2. The molecule has 14 nitrogen and oxygen atoms in total. The van der Waals surface area contributed by atoms with Crippen LogP contribution in [0.25, 0.3) is 55.7 Å². The van der Waals surface area contributed by atoms with Gasteiger partial charge in [0.05, 0.1) is 120 Å². The van der Waals surface area contributed by atoms with Crippen molar-refractivity contribution in [3.8, 4) is 33.9 Å². The monoisotopic (exact) mass is 1410 g/mol. The lowest BCUT2D eigenvalue weighted by molar-refractivity contribution is 0.00578. The highest BCUT2D eigenvalue weighted by Gasteiger charge is 2.52. The van der Waals surface area contributed by atoms with Crippen LogP contribution in [0.15, 0.2) is 134 Å². The summed E-state index contributed by atoms with van der Waals surface area (Å²) in [6.45, 7) is 16.1. The second-order valence-electron chi connectivity index (χ2n) is 23.2. The molecular weight excluding hydrogens is 1350 g/mol. The first-order chi connectivity index (χ1) is 44.9. The Kier molecular flexibility index (Phi) is 20.0. The summed E-state index contributed by atoms with van der Waals surface area (Å²) in [6.07, 6.45) is 0.749. The van der Waals surface area contributed by atoms with Crippen LogP contribution in [0.4, 0.5) is 78.3 Å². The summed E-state index contributed by atoms with van der Waals surface area (Å²) in [5.41, 5.74) is 4.29. The number of hydrogen-bond acceptors (Lipinski definition) is 14. The van der Waals surface area contributed by atoms with Crippen LogP contribution in [0.1, 0.15) is 62.8 Å². The lowest BCUT2D eigenvalue weighted by Crippen LogP contribution is -2.41. The minimum Gasteiger partial charge on any atom is -0.399 e. The molecule has 10 aromatic rings. The summed E-state index contributed by atoms with van der Waals surface area (Å²) >= 11 is 2.19. The van der Waals surface area contributed by atoms with Crippen molar-refractivity contribution in [1.29, 1.82) is 0 Å². The highest BCUT2D eigenvalue weighted by Crippen LogP contribution is 2.43. The zero-order valence-electron chi connectivity index (χ0n) is 51.5. The SMILES string of the molecule is CC1(C)OB(c2ccc(C(F)F)c(F)c2)OC1(C)C.Cc1c(-c2ccccn2)nc2cc(F)cc(F)c2c1Nc1cc(N2CCOCC2)ncc1-c1ccc(C(F)F)c(F)c1.Cc1c(-c2ccccn2)nc2cc(F)cc(F)c2c1Nc1cc(N2CCOCC2)ncc1I. The first kappa shape index (κ1) is 66.9. The molecule has 94 heavy (non-hydrogen) atoms. The van der Waals surface area contributed by atoms with Gasteiger partial charge in [0.2, 0.25) is 0 Å². The largest absolute Gasteiger partial charge is 0.494 e. The Hall–Kier alpha value is -8.57. The third-order valence-corrected chi connectivity index (χ3v) is 17.4. The van der Waals surface area contributed by atoms with E-state index in [2.05, 4.69) is 68.0 Å². The summed E-state index contributed by atoms with van der Waals surface area (Å²) in [5.74, 6) is -3.57. The Bertz CT molecular complexity index is 4410. The summed E-state index contributed by atoms with van der Waals surface area (Å²) in [7, 11) is -0.744. The first-order valence-corrected chi connectivity index (χ1v) is 30.8. The number of pyridine rings is 6. The predicted octanol–water partition coefficient (Wildman–Crippen LogP) is 16.1. The quantitative estimate of drug-likeness (QED) is 0.0680. The van der Waals surface area contributed by atoms with Gasteiger partial charge in [-0.05, 0) is 118 Å². The third kappa shape index (κ3) is 14.4. The van der Waals surface area contributed by atoms with Crippen molar-refractivity contribution in [1.82, 2.24) is 29.9 Å². The van der Waals surface area contributed by atoms with Crippen molar-refractivity contribution >= 4 is 91.4 Å². The molecule has 13 rings (SSSR count). The smallest absolute Gasteiger partial charge is 0.399 e. The van der Waals surface area contributed by atoms with Gasteiger partial charge in [0.1, 0.15) is 46.5 Å². The molecule has 0 amide bonds. The Morgan fingerprint density at radius 2 is 0.979 bits per heavy atom. The van der Waals surface area contributed by atoms with Crippen molar-refractivity contribution < 1.29 is 62.7 Å². The van der Waals surface area contributed by atoms with Crippen LogP contribution in [-0.2, 0) is 18.8 Å². The zero-order valence-corrected chi connectivity index (χ0v) is 53.6. The van der Waals surface area contributed by atoms with Crippen molar-refractivity contribution in [2.45, 2.75) is 65.6 Å². The fraction of sp³-hybridized carbons (Fsp3) is 0.265. The maximum absolute atomic E-state index is 15.4. The fourth-order valence-corrected chi connectivity index (χ4v) is 11.3. The molecule has 0 saturated carbocycles. The van der Waals surface area contributed by atoms with Crippen LogP contribution < -0.4 is 25.9 Å². The van der Waals surface area contributed by atoms with Crippen LogP contribution in [0, 0.1) is 52.3 Å². The van der Waals surface area contributed by atoms with Gasteiger partial charge < -0.3 is 39.2 Å². The number of hydrogen-bond donors (Lipinski definition) is 2. The molecule has 9 heterocycles. The molecule has 3 aliphatic rings. The standard InChI is InChI=1S/C31H24F5N5O.C24H20F2IN5O.C13H16BF3O2/c1-17-29(24-4-2-3-7-37-24)40-26-14-19(32)13-23(34)28(26)30(17)39-25-15-27(41-8-10-42-11-9-41)38-16-21(25)18-5-6-20(31(35)36)22(33)12-18;1-14-23(18-4-2-3-5-28-18)31-20-11-15(25)10-16(26)22(20)24(14)30-19-12-21(29-13-17(19)27)32-6-8-33-9-7-32;1-12(2)13(3,4)19-14(18-12)8-5-6-9(11(16)17)10(15)7-8/h2-7,12-16,31H,8-11H2,1H3,(H,38,39,40);2-5,10-13H,6-9H2,1H3,(H,29,30,31);5-7,11H,1-4H3. The number of anilines is 6. The van der Waals surface area contributed by atoms with Gasteiger partial charge in [-0.3, -0.25) is 9.97 Å². The number of ether oxygens (including phenoxy) is 2. The minimum atomic E-state index is -2.97. The first-order valence-electron chi connectivity index (χ1n) is 29.7. The molecule has 3 saturated heterocycles. The molecule has 486 valence electrons. The Morgan fingerprint density at radius 1 is 0.521 bits per heavy atom. The molecule has 3 aliphatic heterocycles. The van der Waals surface area contributed by atoms with E-state index in [1.807, 2.05) is 63.8 Å². The van der Waals surface area contributed by atoms with Crippen LogP contribution in [0.3, 0.4) is 0 Å². The minimum absolute atomic E-state index is 0.0449. The molecule has 0 radical (unpaired) electrons. The molecule has 4 aromatic carbocycles. The van der Waals surface area contributed by atoms with E-state index >= 15 is 8.78 Å². The van der Waals surface area contributed by atoms with Crippen molar-refractivity contribution in [3.05, 3.63) is 195 Å². The zero-order chi connectivity index (χ0) is 66.8. The summed E-state index contributed by atoms with van der Waals surface area (Å²) in [6, 6.07) is 25.4. The Morgan fingerprint density at radius 3 is 1.44 bits per heavy atom. The van der Waals surface area contributed by atoms with E-state index in [1.54, 1.807) is 49.8 Å². The normalized spacial score (nSPS) is 15.3. The van der Waals surface area contributed by atoms with Gasteiger partial charge in [0.25, 0.3) is 12.9 Å². The van der Waals surface area contributed by atoms with Gasteiger partial charge in [-0.25, -0.2) is 63.8 Å². The van der Waals surface area contributed by atoms with E-state index in [9.17, 15) is 35.1 Å². The average molecular weight is 1410 g/mol. The molecule has 6 aromatic heterocycles. The van der Waals surface area contributed by atoms with Gasteiger partial charge in [0.15, 0.2) is 0 Å². The second kappa shape index (κ2) is 28.2. The summed E-state index contributed by atoms with van der Waals surface area (Å²) in [4.78, 5) is 31.1. The van der Waals surface area contributed by atoms with Crippen molar-refractivity contribution in [2.24, 2.45) is 0 Å². The average Bonchev–Trinajstić information content (AvgIpc) is 0.907. The molecule has 0 unspecified atom stereocenters. The Balaban J connectivity index is 0.000000154. The van der Waals surface area contributed by atoms with Crippen LogP contribution in [0.5, 0.6) is 0 Å². The molecule has 3 fully saturated rings. The van der Waals surface area contributed by atoms with Gasteiger partial charge in [0, 0.05) is 104 Å². The third-order valence-electron chi connectivity index (χ3n) is 16.6. The second-order valence-corrected chi connectivity index (χ2v) is 24.3. The maximum atomic E-state index is 15.4. The summed E-state index contributed by atoms with van der Waals surface area (Å²) in [5, 5.41) is 6.96. The number of morpholine rings is 2. The summed E-state index contributed by atoms with van der Waals surface area (Å²) < 4.78 is 162. The molecule has 2 N–H and O–H groups in total. The number of benzene rings is 4. The van der Waals surface area contributed by atoms with E-state index < -0.39 is 77.2 Å². The van der Waals surface area contributed by atoms with Crippen molar-refractivity contribution in [2.75, 3.05) is 73.0 Å². The molecule has 26 heteroatoms. The topological polar surface area (TPSA) is 145 Å². The van der Waals surface area contributed by atoms with E-state index in [0.29, 0.717) is 107 Å². The van der Waals surface area contributed by atoms with Crippen LogP contribution >= 0.6 is 22.6 Å². The number of nitrogens with zero attached hydrogens (tertiary/aromatic N) is 8. The predicted molar refractivity (Wildman–Crippen MR) is 350 cm³/mol. The van der Waals surface area contributed by atoms with E-state index in [1.165, 1.54) is 24.4 Å². The van der Waals surface area contributed by atoms with Gasteiger partial charge >= 0.3 is 7.12 Å². The number of alkyl halides is 4. The molecule has 0 aliphatic carbocycles. The van der Waals surface area contributed by atoms with Crippen LogP contribution in [0.2, 0.25) is 0 Å². The van der Waals surface area contributed by atoms with Gasteiger partial charge in [-0.1, -0.05) is 30.3 Å². The van der Waals surface area contributed by atoms with Crippen LogP contribution in [-0.4, -0.2) is 101 Å². The van der Waals surface area contributed by atoms with Gasteiger partial charge in [-0.15, -0.1) is 0 Å². The fourth-order valence-electron chi connectivity index (χ4n) is 10.8. The number of halogens is 11. The number of rotatable bonds is 12. The number of fused-ring (bicyclic) bond motifs is 2. The van der Waals surface area contributed by atoms with Gasteiger partial charge in [-0.2, -0.15) is 0 Å².